The summed E-state index contributed by atoms with van der Waals surface area (Å²) in [6.45, 7) is 2.93. The van der Waals surface area contributed by atoms with E-state index in [-0.39, 0.29) is 5.56 Å². The zero-order valence-electron chi connectivity index (χ0n) is 10.5. The van der Waals surface area contributed by atoms with Crippen LogP contribution in [0, 0.1) is 0 Å². The van der Waals surface area contributed by atoms with Crippen LogP contribution in [-0.4, -0.2) is 9.36 Å². The van der Waals surface area contributed by atoms with Crippen LogP contribution in [-0.2, 0) is 13.0 Å². The van der Waals surface area contributed by atoms with Crippen LogP contribution in [0.5, 0.6) is 0 Å². The number of hydrogen-bond acceptors (Lipinski definition) is 1. The van der Waals surface area contributed by atoms with Crippen LogP contribution >= 0.6 is 0 Å². The quantitative estimate of drug-likeness (QED) is 0.809. The Morgan fingerprint density at radius 1 is 1.22 bits per heavy atom. The Labute approximate surface area is 106 Å². The first-order valence-corrected chi connectivity index (χ1v) is 6.39. The van der Waals surface area contributed by atoms with E-state index in [1.807, 2.05) is 30.3 Å². The summed E-state index contributed by atoms with van der Waals surface area (Å²) >= 11 is 0. The maximum atomic E-state index is 12.1. The Morgan fingerprint density at radius 3 is 2.72 bits per heavy atom. The van der Waals surface area contributed by atoms with E-state index in [1.54, 1.807) is 10.7 Å². The number of allylic oxidation sites excluding steroid dienone is 1. The second-order valence-corrected chi connectivity index (χ2v) is 4.57. The predicted molar refractivity (Wildman–Crippen MR) is 72.5 cm³/mol. The van der Waals surface area contributed by atoms with Crippen molar-refractivity contribution in [1.29, 1.82) is 0 Å². The smallest absolute Gasteiger partial charge is 0.271 e. The highest BCUT2D eigenvalue weighted by Gasteiger charge is 2.19. The lowest BCUT2D eigenvalue weighted by atomic mass is 10.1. The number of benzene rings is 1. The van der Waals surface area contributed by atoms with Gasteiger partial charge in [0.05, 0.1) is 12.2 Å². The van der Waals surface area contributed by atoms with Crippen molar-refractivity contribution in [2.24, 2.45) is 0 Å². The van der Waals surface area contributed by atoms with Gasteiger partial charge in [-0.25, -0.2) is 4.68 Å². The molecule has 1 aromatic carbocycles. The van der Waals surface area contributed by atoms with Gasteiger partial charge >= 0.3 is 0 Å². The van der Waals surface area contributed by atoms with Crippen molar-refractivity contribution in [2.45, 2.75) is 26.3 Å². The van der Waals surface area contributed by atoms with Gasteiger partial charge in [-0.3, -0.25) is 9.48 Å². The zero-order chi connectivity index (χ0) is 12.5. The van der Waals surface area contributed by atoms with Gasteiger partial charge in [-0.05, 0) is 18.1 Å². The van der Waals surface area contributed by atoms with E-state index < -0.39 is 0 Å². The Morgan fingerprint density at radius 2 is 2.00 bits per heavy atom. The van der Waals surface area contributed by atoms with Gasteiger partial charge in [0.2, 0.25) is 0 Å². The van der Waals surface area contributed by atoms with Gasteiger partial charge in [0.25, 0.3) is 5.56 Å². The molecule has 1 aliphatic rings. The lowest BCUT2D eigenvalue weighted by molar-refractivity contribution is 0.611. The van der Waals surface area contributed by atoms with Crippen molar-refractivity contribution in [1.82, 2.24) is 9.36 Å². The standard InChI is InChI=1S/C15H16N2O/c1-2-6-13-11-15(18)17-14(9-10-16(13)17)12-7-4-3-5-8-12/h3-5,7-9,11H,2,6,10H2,1H3. The first-order valence-electron chi connectivity index (χ1n) is 6.39. The van der Waals surface area contributed by atoms with E-state index in [0.717, 1.165) is 36.3 Å². The molecule has 0 unspecified atom stereocenters. The molecule has 3 rings (SSSR count). The van der Waals surface area contributed by atoms with Crippen LogP contribution in [0.25, 0.3) is 5.70 Å². The minimum atomic E-state index is 0.0750. The van der Waals surface area contributed by atoms with Crippen LogP contribution in [0.2, 0.25) is 0 Å². The molecule has 3 heteroatoms. The molecule has 0 aliphatic carbocycles. The topological polar surface area (TPSA) is 26.9 Å². The van der Waals surface area contributed by atoms with Crippen molar-refractivity contribution < 1.29 is 0 Å². The van der Waals surface area contributed by atoms with E-state index in [4.69, 9.17) is 0 Å². The molecule has 0 amide bonds. The van der Waals surface area contributed by atoms with Gasteiger partial charge in [-0.15, -0.1) is 0 Å². The van der Waals surface area contributed by atoms with Crippen LogP contribution in [0.4, 0.5) is 0 Å². The van der Waals surface area contributed by atoms with Crippen molar-refractivity contribution >= 4 is 5.70 Å². The second-order valence-electron chi connectivity index (χ2n) is 4.57. The van der Waals surface area contributed by atoms with Gasteiger partial charge in [0.15, 0.2) is 0 Å². The normalized spacial score (nSPS) is 13.5. The SMILES string of the molecule is CCCc1cc(=O)n2n1CC=C2c1ccccc1. The summed E-state index contributed by atoms with van der Waals surface area (Å²) in [7, 11) is 0. The number of fused-ring (bicyclic) bond motifs is 1. The number of aryl methyl sites for hydroxylation is 1. The highest BCUT2D eigenvalue weighted by atomic mass is 16.1. The van der Waals surface area contributed by atoms with Crippen LogP contribution in [0.15, 0.2) is 47.3 Å². The molecule has 18 heavy (non-hydrogen) atoms. The molecule has 3 nitrogen and oxygen atoms in total. The van der Waals surface area contributed by atoms with Gasteiger partial charge in [0.1, 0.15) is 0 Å². The summed E-state index contributed by atoms with van der Waals surface area (Å²) < 4.78 is 3.87. The predicted octanol–water partition coefficient (Wildman–Crippen LogP) is 2.51. The minimum Gasteiger partial charge on any atom is -0.278 e. The van der Waals surface area contributed by atoms with Gasteiger partial charge in [-0.1, -0.05) is 43.7 Å². The number of rotatable bonds is 3. The lowest BCUT2D eigenvalue weighted by Crippen LogP contribution is -2.18. The highest BCUT2D eigenvalue weighted by molar-refractivity contribution is 5.66. The molecule has 0 fully saturated rings. The summed E-state index contributed by atoms with van der Waals surface area (Å²) in [4.78, 5) is 12.1. The molecule has 0 saturated heterocycles. The van der Waals surface area contributed by atoms with Crippen LogP contribution in [0.1, 0.15) is 24.6 Å². The average Bonchev–Trinajstić information content (AvgIpc) is 2.94. The monoisotopic (exact) mass is 240 g/mol. The number of hydrogen-bond donors (Lipinski definition) is 0. The Kier molecular flexibility index (Phi) is 2.67. The maximum absolute atomic E-state index is 12.1. The molecule has 1 aliphatic heterocycles. The van der Waals surface area contributed by atoms with Crippen LogP contribution in [0.3, 0.4) is 0 Å². The van der Waals surface area contributed by atoms with Gasteiger partial charge in [-0.2, -0.15) is 0 Å². The largest absolute Gasteiger partial charge is 0.278 e. The fourth-order valence-electron chi connectivity index (χ4n) is 2.54. The first-order chi connectivity index (χ1) is 8.81. The molecule has 0 atom stereocenters. The maximum Gasteiger partial charge on any atom is 0.271 e. The van der Waals surface area contributed by atoms with E-state index in [1.165, 1.54) is 0 Å². The van der Waals surface area contributed by atoms with E-state index >= 15 is 0 Å². The minimum absolute atomic E-state index is 0.0750. The number of aromatic nitrogens is 2. The molecule has 0 spiro atoms. The van der Waals surface area contributed by atoms with Crippen molar-refractivity contribution in [3.63, 3.8) is 0 Å². The van der Waals surface area contributed by atoms with Gasteiger partial charge < -0.3 is 0 Å². The molecular weight excluding hydrogens is 224 g/mol. The summed E-state index contributed by atoms with van der Waals surface area (Å²) in [5.41, 5.74) is 3.30. The van der Waals surface area contributed by atoms with E-state index in [0.29, 0.717) is 0 Å². The van der Waals surface area contributed by atoms with Crippen molar-refractivity contribution in [3.05, 3.63) is 64.1 Å². The fraction of sp³-hybridized carbons (Fsp3) is 0.267. The molecule has 0 radical (unpaired) electrons. The molecule has 0 N–H and O–H groups in total. The van der Waals surface area contributed by atoms with Crippen molar-refractivity contribution in [2.75, 3.05) is 0 Å². The molecular formula is C15H16N2O. The third-order valence-corrected chi connectivity index (χ3v) is 3.33. The summed E-state index contributed by atoms with van der Waals surface area (Å²) in [5.74, 6) is 0. The van der Waals surface area contributed by atoms with Crippen molar-refractivity contribution in [3.8, 4) is 0 Å². The molecule has 0 bridgehead atoms. The highest BCUT2D eigenvalue weighted by Crippen LogP contribution is 2.21. The third-order valence-electron chi connectivity index (χ3n) is 3.33. The zero-order valence-corrected chi connectivity index (χ0v) is 10.5. The van der Waals surface area contributed by atoms with Gasteiger partial charge in [0, 0.05) is 11.8 Å². The average molecular weight is 240 g/mol. The Bertz CT molecular complexity index is 647. The molecule has 2 aromatic rings. The summed E-state index contributed by atoms with van der Waals surface area (Å²) in [5, 5.41) is 0. The summed E-state index contributed by atoms with van der Waals surface area (Å²) in [6, 6.07) is 11.8. The first kappa shape index (κ1) is 11.1. The molecule has 1 aromatic heterocycles. The van der Waals surface area contributed by atoms with E-state index in [9.17, 15) is 4.79 Å². The van der Waals surface area contributed by atoms with E-state index in [2.05, 4.69) is 17.7 Å². The second kappa shape index (κ2) is 4.33. The third kappa shape index (κ3) is 1.63. The van der Waals surface area contributed by atoms with Crippen LogP contribution < -0.4 is 5.56 Å². The number of nitrogens with zero attached hydrogens (tertiary/aromatic N) is 2. The lowest BCUT2D eigenvalue weighted by Gasteiger charge is -2.08. The Hall–Kier alpha value is -2.03. The Balaban J connectivity index is 2.09. The molecule has 92 valence electrons. The summed E-state index contributed by atoms with van der Waals surface area (Å²) in [6.07, 6.45) is 4.14. The molecule has 2 heterocycles. The fourth-order valence-corrected chi connectivity index (χ4v) is 2.54. The molecule has 0 saturated carbocycles.